The first-order valence-corrected chi connectivity index (χ1v) is 11.7. The van der Waals surface area contributed by atoms with Crippen molar-refractivity contribution in [3.63, 3.8) is 0 Å². The number of benzene rings is 2. The van der Waals surface area contributed by atoms with Crippen LogP contribution in [0.2, 0.25) is 0 Å². The van der Waals surface area contributed by atoms with Crippen LogP contribution in [-0.2, 0) is 19.4 Å². The average Bonchev–Trinajstić information content (AvgIpc) is 2.78. The first-order valence-electron chi connectivity index (χ1n) is 10.2. The lowest BCUT2D eigenvalue weighted by Crippen LogP contribution is -2.51. The van der Waals surface area contributed by atoms with Gasteiger partial charge in [-0.25, -0.2) is 13.2 Å². The molecule has 9 nitrogen and oxygen atoms in total. The van der Waals surface area contributed by atoms with Crippen LogP contribution in [0.25, 0.3) is 0 Å². The summed E-state index contributed by atoms with van der Waals surface area (Å²) in [5, 5.41) is 6.06. The van der Waals surface area contributed by atoms with Gasteiger partial charge in [-0.2, -0.15) is 0 Å². The lowest BCUT2D eigenvalue weighted by Gasteiger charge is -2.34. The number of ether oxygens (including phenoxy) is 3. The minimum Gasteiger partial charge on any atom is -0.497 e. The highest BCUT2D eigenvalue weighted by molar-refractivity contribution is 7.94. The molecular weight excluding hydrogens is 448 g/mol. The Morgan fingerprint density at radius 2 is 1.79 bits per heavy atom. The molecule has 0 spiro atoms. The van der Waals surface area contributed by atoms with Gasteiger partial charge in [-0.3, -0.25) is 4.79 Å². The molecule has 0 unspecified atom stereocenters. The van der Waals surface area contributed by atoms with Gasteiger partial charge in [0, 0.05) is 11.3 Å². The van der Waals surface area contributed by atoms with E-state index in [-0.39, 0.29) is 17.2 Å². The summed E-state index contributed by atoms with van der Waals surface area (Å²) in [6.07, 6.45) is 0. The number of aryl methyl sites for hydroxylation is 1. The van der Waals surface area contributed by atoms with E-state index in [0.717, 1.165) is 11.0 Å². The lowest BCUT2D eigenvalue weighted by molar-refractivity contribution is -0.147. The van der Waals surface area contributed by atoms with Gasteiger partial charge in [-0.1, -0.05) is 17.7 Å². The van der Waals surface area contributed by atoms with E-state index in [4.69, 9.17) is 14.2 Å². The normalized spacial score (nSPS) is 19.4. The van der Waals surface area contributed by atoms with Crippen LogP contribution in [-0.4, -0.2) is 41.2 Å². The molecule has 0 bridgehead atoms. The molecule has 0 radical (unpaired) electrons. The maximum atomic E-state index is 13.1. The van der Waals surface area contributed by atoms with E-state index >= 15 is 0 Å². The van der Waals surface area contributed by atoms with Gasteiger partial charge in [-0.15, -0.1) is 0 Å². The summed E-state index contributed by atoms with van der Waals surface area (Å²) in [7, 11) is -1.05. The highest BCUT2D eigenvalue weighted by atomic mass is 32.2. The first kappa shape index (κ1) is 24.1. The Kier molecular flexibility index (Phi) is 7.27. The van der Waals surface area contributed by atoms with E-state index in [1.54, 1.807) is 37.3 Å². The molecule has 1 fully saturated rings. The highest BCUT2D eigenvalue weighted by Crippen LogP contribution is 2.38. The van der Waals surface area contributed by atoms with Crippen molar-refractivity contribution in [2.45, 2.75) is 24.8 Å². The first-order chi connectivity index (χ1) is 15.7. The molecule has 1 saturated heterocycles. The third-order valence-electron chi connectivity index (χ3n) is 5.16. The van der Waals surface area contributed by atoms with Gasteiger partial charge in [0.05, 0.1) is 37.2 Å². The summed E-state index contributed by atoms with van der Waals surface area (Å²) < 4.78 is 42.1. The van der Waals surface area contributed by atoms with Gasteiger partial charge in [0.2, 0.25) is 9.84 Å². The fourth-order valence-electron chi connectivity index (χ4n) is 3.55. The Hall–Kier alpha value is -3.53. The second-order valence-electron chi connectivity index (χ2n) is 7.34. The number of carbonyl (C=O) groups excluding carboxylic acids is 2. The van der Waals surface area contributed by atoms with Crippen molar-refractivity contribution in [3.05, 3.63) is 64.7 Å². The second kappa shape index (κ2) is 9.95. The number of methoxy groups -OCH3 is 2. The van der Waals surface area contributed by atoms with E-state index in [0.29, 0.717) is 17.1 Å². The monoisotopic (exact) mass is 474 g/mol. The highest BCUT2D eigenvalue weighted by Gasteiger charge is 2.42. The van der Waals surface area contributed by atoms with E-state index in [2.05, 4.69) is 10.6 Å². The standard InChI is InChI=1S/C23H26N2O7S/c1-5-32-22(26)20-18(13-33(28,29)16-9-6-14(2)7-10-16)24-23(27)25-21(20)17-12-15(30-3)8-11-19(17)31-4/h6-13,20-21H,5H2,1-4H3,(H2,24,25,27)/b18-13+/t20-,21+/m1/s1. The second-order valence-corrected chi connectivity index (χ2v) is 9.14. The van der Waals surface area contributed by atoms with E-state index in [1.165, 1.54) is 26.4 Å². The third kappa shape index (κ3) is 5.28. The topological polar surface area (TPSA) is 120 Å². The minimum absolute atomic E-state index is 0.0338. The largest absolute Gasteiger partial charge is 0.497 e. The van der Waals surface area contributed by atoms with Crippen molar-refractivity contribution in [3.8, 4) is 11.5 Å². The Bertz CT molecular complexity index is 1170. The van der Waals surface area contributed by atoms with Crippen molar-refractivity contribution in [1.82, 2.24) is 10.6 Å². The van der Waals surface area contributed by atoms with E-state index in [9.17, 15) is 18.0 Å². The predicted octanol–water partition coefficient (Wildman–Crippen LogP) is 2.86. The summed E-state index contributed by atoms with van der Waals surface area (Å²) in [4.78, 5) is 25.6. The van der Waals surface area contributed by atoms with Gasteiger partial charge >= 0.3 is 12.0 Å². The molecule has 2 aromatic rings. The number of esters is 1. The van der Waals surface area contributed by atoms with Crippen molar-refractivity contribution < 1.29 is 32.2 Å². The molecule has 0 aliphatic carbocycles. The molecule has 176 valence electrons. The van der Waals surface area contributed by atoms with Gasteiger partial charge in [0.25, 0.3) is 0 Å². The lowest BCUT2D eigenvalue weighted by atomic mass is 9.88. The molecule has 2 atom stereocenters. The Morgan fingerprint density at radius 3 is 2.39 bits per heavy atom. The molecule has 1 aliphatic rings. The maximum Gasteiger partial charge on any atom is 0.319 e. The third-order valence-corrected chi connectivity index (χ3v) is 6.65. The minimum atomic E-state index is -3.98. The fourth-order valence-corrected chi connectivity index (χ4v) is 4.74. The number of nitrogens with one attached hydrogen (secondary N) is 2. The van der Waals surface area contributed by atoms with Crippen molar-refractivity contribution in [1.29, 1.82) is 0 Å². The zero-order valence-corrected chi connectivity index (χ0v) is 19.6. The number of sulfone groups is 1. The van der Waals surface area contributed by atoms with Crippen LogP contribution in [0.15, 0.2) is 58.5 Å². The van der Waals surface area contributed by atoms with Crippen LogP contribution in [0.3, 0.4) is 0 Å². The van der Waals surface area contributed by atoms with Crippen molar-refractivity contribution >= 4 is 21.8 Å². The zero-order valence-electron chi connectivity index (χ0n) is 18.7. The molecule has 0 saturated carbocycles. The molecule has 2 amide bonds. The number of carbonyl (C=O) groups is 2. The average molecular weight is 475 g/mol. The number of hydrogen-bond donors (Lipinski definition) is 2. The molecule has 2 N–H and O–H groups in total. The number of hydrogen-bond acceptors (Lipinski definition) is 7. The van der Waals surface area contributed by atoms with Crippen LogP contribution in [0.1, 0.15) is 24.1 Å². The Labute approximate surface area is 192 Å². The Morgan fingerprint density at radius 1 is 1.09 bits per heavy atom. The molecule has 1 aliphatic heterocycles. The van der Waals surface area contributed by atoms with Gasteiger partial charge in [0.15, 0.2) is 0 Å². The maximum absolute atomic E-state index is 13.1. The molecule has 0 aromatic heterocycles. The quantitative estimate of drug-likeness (QED) is 0.592. The smallest absolute Gasteiger partial charge is 0.319 e. The summed E-state index contributed by atoms with van der Waals surface area (Å²) in [5.74, 6) is -1.02. The predicted molar refractivity (Wildman–Crippen MR) is 121 cm³/mol. The van der Waals surface area contributed by atoms with Crippen LogP contribution in [0.4, 0.5) is 4.79 Å². The number of rotatable bonds is 7. The van der Waals surface area contributed by atoms with E-state index < -0.39 is 33.8 Å². The van der Waals surface area contributed by atoms with Crippen molar-refractivity contribution in [2.24, 2.45) is 5.92 Å². The SMILES string of the molecule is CCOC(=O)[C@@H]1/C(=C\S(=O)(=O)c2ccc(C)cc2)NC(=O)N[C@H]1c1cc(OC)ccc1OC. The van der Waals surface area contributed by atoms with Crippen LogP contribution in [0.5, 0.6) is 11.5 Å². The molecule has 3 rings (SSSR count). The van der Waals surface area contributed by atoms with Crippen LogP contribution in [0, 0.1) is 12.8 Å². The summed E-state index contributed by atoms with van der Waals surface area (Å²) >= 11 is 0. The number of amides is 2. The van der Waals surface area contributed by atoms with Crippen LogP contribution >= 0.6 is 0 Å². The Balaban J connectivity index is 2.16. The molecular formula is C23H26N2O7S. The zero-order chi connectivity index (χ0) is 24.2. The number of urea groups is 1. The summed E-state index contributed by atoms with van der Waals surface area (Å²) in [6, 6.07) is 9.54. The molecule has 1 heterocycles. The van der Waals surface area contributed by atoms with Crippen molar-refractivity contribution in [2.75, 3.05) is 20.8 Å². The molecule has 2 aromatic carbocycles. The molecule has 10 heteroatoms. The van der Waals surface area contributed by atoms with Gasteiger partial charge in [-0.05, 0) is 44.2 Å². The summed E-state index contributed by atoms with van der Waals surface area (Å²) in [5.41, 5.74) is 1.22. The fraction of sp³-hybridized carbons (Fsp3) is 0.304. The summed E-state index contributed by atoms with van der Waals surface area (Å²) in [6.45, 7) is 3.55. The molecule has 33 heavy (non-hydrogen) atoms. The van der Waals surface area contributed by atoms with Gasteiger partial charge < -0.3 is 24.8 Å². The van der Waals surface area contributed by atoms with Gasteiger partial charge in [0.1, 0.15) is 17.4 Å². The van der Waals surface area contributed by atoms with Crippen LogP contribution < -0.4 is 20.1 Å². The van der Waals surface area contributed by atoms with E-state index in [1.807, 2.05) is 6.92 Å².